The van der Waals surface area contributed by atoms with Crippen LogP contribution in [0.25, 0.3) is 4.72 Å². The van der Waals surface area contributed by atoms with Crippen molar-refractivity contribution in [1.82, 2.24) is 0 Å². The minimum atomic E-state index is -3.32. The number of halogens is 1. The Morgan fingerprint density at radius 3 is 2.46 bits per heavy atom. The van der Waals surface area contributed by atoms with E-state index in [-0.39, 0.29) is 0 Å². The molecule has 5 heteroatoms. The van der Waals surface area contributed by atoms with E-state index in [4.69, 9.17) is 0 Å². The van der Waals surface area contributed by atoms with Gasteiger partial charge in [0.05, 0.1) is 10.0 Å². The summed E-state index contributed by atoms with van der Waals surface area (Å²) in [7, 11) is -3.32. The van der Waals surface area contributed by atoms with E-state index in [1.165, 1.54) is 0 Å². The van der Waals surface area contributed by atoms with E-state index in [1.807, 2.05) is 19.1 Å². The number of rotatable bonds is 2. The van der Waals surface area contributed by atoms with Crippen LogP contribution in [0.4, 0.5) is 5.69 Å². The number of benzene rings is 1. The zero-order valence-corrected chi connectivity index (χ0v) is 9.68. The van der Waals surface area contributed by atoms with Crippen LogP contribution in [-0.4, -0.2) is 14.7 Å². The van der Waals surface area contributed by atoms with E-state index in [2.05, 4.69) is 20.7 Å². The van der Waals surface area contributed by atoms with E-state index in [0.717, 1.165) is 11.8 Å². The zero-order chi connectivity index (χ0) is 10.1. The van der Waals surface area contributed by atoms with Gasteiger partial charge >= 0.3 is 0 Å². The first-order valence-corrected chi connectivity index (χ1v) is 6.22. The van der Waals surface area contributed by atoms with Gasteiger partial charge in [-0.2, -0.15) is 0 Å². The van der Waals surface area contributed by atoms with Crippen molar-refractivity contribution in [3.8, 4) is 0 Å². The van der Waals surface area contributed by atoms with Crippen LogP contribution < -0.4 is 0 Å². The molecule has 0 aromatic heterocycles. The molecule has 1 aromatic rings. The maximum absolute atomic E-state index is 10.9. The summed E-state index contributed by atoms with van der Waals surface area (Å²) in [4.78, 5) is 0. The summed E-state index contributed by atoms with van der Waals surface area (Å²) in [6.07, 6.45) is 1.07. The molecule has 0 N–H and O–H groups in total. The molecule has 1 aromatic carbocycles. The summed E-state index contributed by atoms with van der Waals surface area (Å²) in [5.74, 6) is 0. The summed E-state index contributed by atoms with van der Waals surface area (Å²) in [6.45, 7) is 1.93. The Balaban J connectivity index is 3.04. The molecular weight excluding hydrogens is 254 g/mol. The van der Waals surface area contributed by atoms with Crippen molar-refractivity contribution in [1.29, 1.82) is 0 Å². The molecule has 0 bridgehead atoms. The Hall–Kier alpha value is -0.550. The first-order valence-electron chi connectivity index (χ1n) is 3.57. The lowest BCUT2D eigenvalue weighted by Gasteiger charge is -2.20. The van der Waals surface area contributed by atoms with Crippen LogP contribution in [0.3, 0.4) is 0 Å². The highest BCUT2D eigenvalue weighted by atomic mass is 79.9. The van der Waals surface area contributed by atoms with Gasteiger partial charge in [-0.05, 0) is 13.0 Å². The van der Waals surface area contributed by atoms with Crippen LogP contribution >= 0.6 is 15.9 Å². The van der Waals surface area contributed by atoms with Gasteiger partial charge in [0, 0.05) is 10.7 Å². The molecule has 0 saturated heterocycles. The van der Waals surface area contributed by atoms with Crippen molar-refractivity contribution in [2.24, 2.45) is 0 Å². The highest BCUT2D eigenvalue weighted by Gasteiger charge is 1.94. The minimum Gasteiger partial charge on any atom is -0.576 e. The second-order valence-electron chi connectivity index (χ2n) is 2.78. The molecular formula is C8H9BrNO2S-. The Kier molecular flexibility index (Phi) is 2.98. The third-order valence-corrected chi connectivity index (χ3v) is 2.53. The SMILES string of the molecule is Cc1ccc([N-]S(C)(=O)=O)c(Br)c1. The topological polar surface area (TPSA) is 48.2 Å². The van der Waals surface area contributed by atoms with Crippen molar-refractivity contribution in [2.75, 3.05) is 6.26 Å². The van der Waals surface area contributed by atoms with Crippen LogP contribution in [-0.2, 0) is 10.0 Å². The fraction of sp³-hybridized carbons (Fsp3) is 0.250. The molecule has 0 radical (unpaired) electrons. The fourth-order valence-electron chi connectivity index (χ4n) is 0.865. The molecule has 0 aliphatic heterocycles. The Labute approximate surface area is 86.3 Å². The summed E-state index contributed by atoms with van der Waals surface area (Å²) in [5, 5.41) is 0. The zero-order valence-electron chi connectivity index (χ0n) is 7.28. The van der Waals surface area contributed by atoms with Crippen molar-refractivity contribution >= 4 is 31.6 Å². The lowest BCUT2D eigenvalue weighted by Crippen LogP contribution is -1.91. The van der Waals surface area contributed by atoms with Crippen molar-refractivity contribution in [3.05, 3.63) is 33.0 Å². The molecule has 0 aliphatic carbocycles. The Bertz CT molecular complexity index is 414. The summed E-state index contributed by atoms with van der Waals surface area (Å²) >= 11 is 3.24. The first kappa shape index (κ1) is 10.5. The van der Waals surface area contributed by atoms with Crippen molar-refractivity contribution in [3.63, 3.8) is 0 Å². The van der Waals surface area contributed by atoms with Gasteiger partial charge in [0.2, 0.25) is 0 Å². The van der Waals surface area contributed by atoms with E-state index in [1.54, 1.807) is 6.07 Å². The number of nitrogens with zero attached hydrogens (tertiary/aromatic N) is 1. The lowest BCUT2D eigenvalue weighted by molar-refractivity contribution is 0.609. The second kappa shape index (κ2) is 3.67. The van der Waals surface area contributed by atoms with Gasteiger partial charge in [-0.15, -0.1) is 5.69 Å². The van der Waals surface area contributed by atoms with Gasteiger partial charge in [-0.3, -0.25) is 0 Å². The van der Waals surface area contributed by atoms with Crippen LogP contribution in [0, 0.1) is 6.92 Å². The van der Waals surface area contributed by atoms with Gasteiger partial charge in [0.25, 0.3) is 0 Å². The quantitative estimate of drug-likeness (QED) is 0.823. The molecule has 72 valence electrons. The smallest absolute Gasteiger partial charge is 0.0909 e. The largest absolute Gasteiger partial charge is 0.576 e. The van der Waals surface area contributed by atoms with Gasteiger partial charge in [-0.1, -0.05) is 33.6 Å². The minimum absolute atomic E-state index is 0.438. The average molecular weight is 263 g/mol. The van der Waals surface area contributed by atoms with Gasteiger partial charge in [0.1, 0.15) is 0 Å². The predicted molar refractivity (Wildman–Crippen MR) is 56.7 cm³/mol. The highest BCUT2D eigenvalue weighted by molar-refractivity contribution is 9.10. The van der Waals surface area contributed by atoms with Gasteiger partial charge in [0.15, 0.2) is 0 Å². The molecule has 1 rings (SSSR count). The van der Waals surface area contributed by atoms with Crippen LogP contribution in [0.15, 0.2) is 22.7 Å². The molecule has 0 fully saturated rings. The Morgan fingerprint density at radius 1 is 1.38 bits per heavy atom. The molecule has 13 heavy (non-hydrogen) atoms. The number of aryl methyl sites for hydroxylation is 1. The van der Waals surface area contributed by atoms with Gasteiger partial charge in [-0.25, -0.2) is 8.42 Å². The molecule has 0 unspecified atom stereocenters. The molecule has 0 aliphatic rings. The number of hydrogen-bond acceptors (Lipinski definition) is 2. The van der Waals surface area contributed by atoms with E-state index in [9.17, 15) is 8.42 Å². The van der Waals surface area contributed by atoms with Crippen LogP contribution in [0.2, 0.25) is 0 Å². The third-order valence-electron chi connectivity index (χ3n) is 1.37. The molecule has 0 atom stereocenters. The molecule has 0 spiro atoms. The first-order chi connectivity index (χ1) is 5.88. The highest BCUT2D eigenvalue weighted by Crippen LogP contribution is 2.31. The molecule has 3 nitrogen and oxygen atoms in total. The Morgan fingerprint density at radius 2 is 2.00 bits per heavy atom. The van der Waals surface area contributed by atoms with E-state index in [0.29, 0.717) is 10.2 Å². The van der Waals surface area contributed by atoms with E-state index < -0.39 is 10.0 Å². The fourth-order valence-corrected chi connectivity index (χ4v) is 2.08. The number of hydrogen-bond donors (Lipinski definition) is 0. The normalized spacial score (nSPS) is 11.3. The van der Waals surface area contributed by atoms with Crippen LogP contribution in [0.5, 0.6) is 0 Å². The van der Waals surface area contributed by atoms with Crippen molar-refractivity contribution in [2.45, 2.75) is 6.92 Å². The maximum Gasteiger partial charge on any atom is 0.0909 e. The average Bonchev–Trinajstić information content (AvgIpc) is 1.93. The second-order valence-corrected chi connectivity index (χ2v) is 5.28. The summed E-state index contributed by atoms with van der Waals surface area (Å²) in [6, 6.07) is 5.30. The van der Waals surface area contributed by atoms with Crippen LogP contribution in [0.1, 0.15) is 5.56 Å². The monoisotopic (exact) mass is 262 g/mol. The summed E-state index contributed by atoms with van der Waals surface area (Å²) in [5.41, 5.74) is 1.49. The van der Waals surface area contributed by atoms with Crippen molar-refractivity contribution < 1.29 is 8.42 Å². The third kappa shape index (κ3) is 3.36. The maximum atomic E-state index is 10.9. The molecule has 0 saturated carbocycles. The molecule has 0 heterocycles. The summed E-state index contributed by atoms with van der Waals surface area (Å²) < 4.78 is 26.0. The lowest BCUT2D eigenvalue weighted by atomic mass is 10.2. The predicted octanol–water partition coefficient (Wildman–Crippen LogP) is 2.72. The number of sulfonamides is 1. The van der Waals surface area contributed by atoms with Gasteiger partial charge < -0.3 is 4.72 Å². The van der Waals surface area contributed by atoms with E-state index >= 15 is 0 Å². The molecule has 0 amide bonds. The standard InChI is InChI=1S/C8H9BrNO2S/c1-6-3-4-8(7(9)5-6)10-13(2,11)12/h3-5H,1-2H3/q-1.